The molecule has 1 aliphatic heterocycles. The summed E-state index contributed by atoms with van der Waals surface area (Å²) in [4.78, 5) is 22.3. The molecular weight excluding hydrogens is 262 g/mol. The van der Waals surface area contributed by atoms with Crippen molar-refractivity contribution in [2.45, 2.75) is 12.6 Å². The van der Waals surface area contributed by atoms with E-state index < -0.39 is 17.9 Å². The minimum Gasteiger partial charge on any atom is -0.487 e. The molecular formula is C13H13N3O4. The van der Waals surface area contributed by atoms with Crippen molar-refractivity contribution in [1.82, 2.24) is 5.32 Å². The third-order valence-corrected chi connectivity index (χ3v) is 3.24. The highest BCUT2D eigenvalue weighted by Gasteiger charge is 2.25. The number of rotatable bonds is 2. The zero-order valence-electron chi connectivity index (χ0n) is 10.5. The molecule has 1 unspecified atom stereocenters. The van der Waals surface area contributed by atoms with Crippen LogP contribution in [0.3, 0.4) is 0 Å². The van der Waals surface area contributed by atoms with E-state index in [-0.39, 0.29) is 6.61 Å². The fourth-order valence-corrected chi connectivity index (χ4v) is 2.18. The lowest BCUT2D eigenvalue weighted by molar-refractivity contribution is -0.120. The van der Waals surface area contributed by atoms with E-state index in [4.69, 9.17) is 20.6 Å². The van der Waals surface area contributed by atoms with Gasteiger partial charge in [0.2, 0.25) is 11.8 Å². The number of carbonyl (C=O) groups is 2. The number of ether oxygens (including phenoxy) is 1. The second kappa shape index (κ2) is 4.53. The minimum atomic E-state index is -0.558. The van der Waals surface area contributed by atoms with Crippen LogP contribution in [0.1, 0.15) is 16.1 Å². The van der Waals surface area contributed by atoms with E-state index in [1.165, 1.54) is 0 Å². The van der Waals surface area contributed by atoms with Crippen LogP contribution < -0.4 is 21.5 Å². The van der Waals surface area contributed by atoms with Crippen molar-refractivity contribution in [3.63, 3.8) is 0 Å². The average molecular weight is 275 g/mol. The first-order chi connectivity index (χ1) is 9.56. The first-order valence-corrected chi connectivity index (χ1v) is 6.07. The van der Waals surface area contributed by atoms with Gasteiger partial charge in [-0.2, -0.15) is 0 Å². The fraction of sp³-hybridized carbons (Fsp3) is 0.231. The molecule has 2 amide bonds. The Kier molecular flexibility index (Phi) is 2.83. The molecule has 20 heavy (non-hydrogen) atoms. The zero-order valence-corrected chi connectivity index (χ0v) is 10.5. The number of amides is 2. The van der Waals surface area contributed by atoms with Gasteiger partial charge in [-0.1, -0.05) is 0 Å². The van der Waals surface area contributed by atoms with Gasteiger partial charge in [-0.25, -0.2) is 0 Å². The van der Waals surface area contributed by atoms with Crippen LogP contribution >= 0.6 is 0 Å². The van der Waals surface area contributed by atoms with Gasteiger partial charge in [-0.15, -0.1) is 0 Å². The number of primary amides is 2. The van der Waals surface area contributed by atoms with E-state index in [0.717, 1.165) is 5.39 Å². The molecule has 104 valence electrons. The Balaban J connectivity index is 2.01. The largest absolute Gasteiger partial charge is 0.487 e. The number of carbonyl (C=O) groups excluding carboxylic acids is 2. The molecule has 7 heteroatoms. The molecule has 0 fully saturated rings. The Morgan fingerprint density at radius 2 is 2.10 bits per heavy atom. The topological polar surface area (TPSA) is 121 Å². The van der Waals surface area contributed by atoms with Crippen molar-refractivity contribution in [3.8, 4) is 5.75 Å². The highest BCUT2D eigenvalue weighted by molar-refractivity contribution is 5.98. The summed E-state index contributed by atoms with van der Waals surface area (Å²) in [6, 6.07) is 4.33. The van der Waals surface area contributed by atoms with E-state index in [1.807, 2.05) is 0 Å². The number of hydrogen-bond acceptors (Lipinski definition) is 5. The van der Waals surface area contributed by atoms with E-state index in [1.54, 1.807) is 18.2 Å². The molecule has 0 aliphatic carbocycles. The smallest absolute Gasteiger partial charge is 0.248 e. The molecule has 7 nitrogen and oxygen atoms in total. The molecule has 1 aromatic heterocycles. The Morgan fingerprint density at radius 3 is 2.80 bits per heavy atom. The summed E-state index contributed by atoms with van der Waals surface area (Å²) in [7, 11) is 0. The van der Waals surface area contributed by atoms with Gasteiger partial charge >= 0.3 is 0 Å². The molecule has 5 N–H and O–H groups in total. The summed E-state index contributed by atoms with van der Waals surface area (Å²) >= 11 is 0. The number of benzene rings is 1. The number of furan rings is 1. The van der Waals surface area contributed by atoms with Crippen LogP contribution in [0.25, 0.3) is 11.0 Å². The lowest BCUT2D eigenvalue weighted by Gasteiger charge is -2.10. The van der Waals surface area contributed by atoms with E-state index in [2.05, 4.69) is 5.32 Å². The lowest BCUT2D eigenvalue weighted by atomic mass is 10.1. The van der Waals surface area contributed by atoms with Gasteiger partial charge in [0.25, 0.3) is 0 Å². The first kappa shape index (κ1) is 12.5. The molecule has 0 radical (unpaired) electrons. The number of hydrogen-bond donors (Lipinski definition) is 3. The number of nitrogens with one attached hydrogen (secondary N) is 1. The minimum absolute atomic E-state index is 0.133. The molecule has 0 spiro atoms. The third-order valence-electron chi connectivity index (χ3n) is 3.24. The van der Waals surface area contributed by atoms with Gasteiger partial charge in [0.15, 0.2) is 11.5 Å². The maximum atomic E-state index is 11.2. The highest BCUT2D eigenvalue weighted by atomic mass is 16.5. The monoisotopic (exact) mass is 275 g/mol. The maximum absolute atomic E-state index is 11.2. The van der Waals surface area contributed by atoms with Crippen molar-refractivity contribution in [2.24, 2.45) is 11.5 Å². The normalized spacial score (nSPS) is 18.1. The van der Waals surface area contributed by atoms with Crippen LogP contribution in [0.15, 0.2) is 22.6 Å². The van der Waals surface area contributed by atoms with Gasteiger partial charge in [0.05, 0.1) is 11.9 Å². The fourth-order valence-electron chi connectivity index (χ4n) is 2.18. The molecule has 1 aliphatic rings. The van der Waals surface area contributed by atoms with Crippen molar-refractivity contribution in [1.29, 1.82) is 0 Å². The molecule has 0 saturated carbocycles. The lowest BCUT2D eigenvalue weighted by Crippen LogP contribution is -2.43. The van der Waals surface area contributed by atoms with Crippen molar-refractivity contribution >= 4 is 22.8 Å². The second-order valence-corrected chi connectivity index (χ2v) is 4.58. The summed E-state index contributed by atoms with van der Waals surface area (Å²) in [6.45, 7) is 0.456. The predicted octanol–water partition coefficient (Wildman–Crippen LogP) is -0.132. The quantitative estimate of drug-likeness (QED) is 0.705. The zero-order chi connectivity index (χ0) is 14.3. The van der Waals surface area contributed by atoms with Crippen LogP contribution in [0.4, 0.5) is 0 Å². The average Bonchev–Trinajstić information content (AvgIpc) is 2.61. The Bertz CT molecular complexity index is 707. The van der Waals surface area contributed by atoms with Crippen LogP contribution in [-0.2, 0) is 11.3 Å². The summed E-state index contributed by atoms with van der Waals surface area (Å²) in [6.07, 6.45) is 0. The Labute approximate surface area is 113 Å². The van der Waals surface area contributed by atoms with Crippen LogP contribution in [-0.4, -0.2) is 24.5 Å². The standard InChI is InChI=1S/C13H13N3O4/c14-12(17)6-1-2-7-9(3-6)20-10-4-16-8(13(15)18)5-19-11(7)10/h1-3,8,16H,4-5H2,(H2,14,17)(H2,15,18). The van der Waals surface area contributed by atoms with E-state index >= 15 is 0 Å². The van der Waals surface area contributed by atoms with Crippen molar-refractivity contribution in [2.75, 3.05) is 6.61 Å². The predicted molar refractivity (Wildman–Crippen MR) is 70.0 cm³/mol. The SMILES string of the molecule is NC(=O)c1ccc2c3c(oc2c1)CNC(C(N)=O)CO3. The molecule has 1 aromatic carbocycles. The molecule has 2 aromatic rings. The summed E-state index contributed by atoms with van der Waals surface area (Å²) in [5.41, 5.74) is 11.4. The van der Waals surface area contributed by atoms with Crippen molar-refractivity contribution in [3.05, 3.63) is 29.5 Å². The van der Waals surface area contributed by atoms with Gasteiger partial charge in [0, 0.05) is 5.56 Å². The third kappa shape index (κ3) is 1.97. The molecule has 0 saturated heterocycles. The molecule has 2 heterocycles. The van der Waals surface area contributed by atoms with Gasteiger partial charge in [-0.05, 0) is 18.2 Å². The summed E-state index contributed by atoms with van der Waals surface area (Å²) in [5.74, 6) is 0.124. The number of nitrogens with two attached hydrogens (primary N) is 2. The second-order valence-electron chi connectivity index (χ2n) is 4.58. The van der Waals surface area contributed by atoms with Crippen LogP contribution in [0.2, 0.25) is 0 Å². The van der Waals surface area contributed by atoms with E-state index in [0.29, 0.717) is 29.2 Å². The molecule has 3 rings (SSSR count). The number of fused-ring (bicyclic) bond motifs is 3. The van der Waals surface area contributed by atoms with Gasteiger partial charge < -0.3 is 20.6 Å². The first-order valence-electron chi connectivity index (χ1n) is 6.07. The van der Waals surface area contributed by atoms with Gasteiger partial charge in [-0.3, -0.25) is 14.9 Å². The maximum Gasteiger partial charge on any atom is 0.248 e. The Morgan fingerprint density at radius 1 is 1.30 bits per heavy atom. The van der Waals surface area contributed by atoms with Crippen molar-refractivity contribution < 1.29 is 18.7 Å². The molecule has 1 atom stereocenters. The summed E-state index contributed by atoms with van der Waals surface area (Å²) in [5, 5.41) is 3.68. The van der Waals surface area contributed by atoms with Crippen LogP contribution in [0, 0.1) is 0 Å². The summed E-state index contributed by atoms with van der Waals surface area (Å²) < 4.78 is 11.2. The molecule has 0 bridgehead atoms. The van der Waals surface area contributed by atoms with Gasteiger partial charge in [0.1, 0.15) is 18.2 Å². The van der Waals surface area contributed by atoms with E-state index in [9.17, 15) is 9.59 Å². The van der Waals surface area contributed by atoms with Crippen LogP contribution in [0.5, 0.6) is 5.75 Å². The highest BCUT2D eigenvalue weighted by Crippen LogP contribution is 2.34. The Hall–Kier alpha value is -2.54.